The average Bonchev–Trinajstić information content (AvgIpc) is 3.10. The Bertz CT molecular complexity index is 838. The topological polar surface area (TPSA) is 95.1 Å². The summed E-state index contributed by atoms with van der Waals surface area (Å²) in [6.07, 6.45) is 4.81. The minimum atomic E-state index is -0.0459. The Morgan fingerprint density at radius 1 is 1.24 bits per heavy atom. The Hall–Kier alpha value is -2.78. The van der Waals surface area contributed by atoms with Crippen LogP contribution in [0, 0.1) is 0 Å². The van der Waals surface area contributed by atoms with Gasteiger partial charge in [0.15, 0.2) is 0 Å². The van der Waals surface area contributed by atoms with Crippen LogP contribution in [0.1, 0.15) is 6.92 Å². The molecular formula is C16H20N8O. The molecule has 0 aliphatic carbocycles. The summed E-state index contributed by atoms with van der Waals surface area (Å²) in [5, 5.41) is 13.6. The van der Waals surface area contributed by atoms with E-state index in [0.29, 0.717) is 12.5 Å². The van der Waals surface area contributed by atoms with E-state index in [1.807, 2.05) is 23.4 Å². The van der Waals surface area contributed by atoms with E-state index in [1.165, 1.54) is 12.7 Å². The summed E-state index contributed by atoms with van der Waals surface area (Å²) in [7, 11) is 1.69. The zero-order chi connectivity index (χ0) is 17.2. The zero-order valence-electron chi connectivity index (χ0n) is 14.1. The van der Waals surface area contributed by atoms with Crippen molar-refractivity contribution in [1.29, 1.82) is 0 Å². The molecule has 130 valence electrons. The lowest BCUT2D eigenvalue weighted by atomic mass is 10.1. The highest BCUT2D eigenvalue weighted by Gasteiger charge is 2.34. The van der Waals surface area contributed by atoms with E-state index in [2.05, 4.69) is 48.4 Å². The number of piperazine rings is 1. The van der Waals surface area contributed by atoms with E-state index in [-0.39, 0.29) is 12.2 Å². The van der Waals surface area contributed by atoms with E-state index >= 15 is 0 Å². The number of H-pyrrole nitrogens is 1. The van der Waals surface area contributed by atoms with Crippen molar-refractivity contribution in [1.82, 2.24) is 30.2 Å². The van der Waals surface area contributed by atoms with Crippen molar-refractivity contribution in [3.8, 4) is 0 Å². The summed E-state index contributed by atoms with van der Waals surface area (Å²) in [6.45, 7) is 3.57. The Balaban J connectivity index is 1.64. The molecule has 25 heavy (non-hydrogen) atoms. The Morgan fingerprint density at radius 3 is 2.88 bits per heavy atom. The number of rotatable bonds is 4. The quantitative estimate of drug-likeness (QED) is 0.733. The molecule has 1 aliphatic heterocycles. The average molecular weight is 340 g/mol. The van der Waals surface area contributed by atoms with E-state index in [4.69, 9.17) is 4.84 Å². The molecule has 1 fully saturated rings. The second kappa shape index (κ2) is 6.61. The molecule has 2 aromatic heterocycles. The Kier molecular flexibility index (Phi) is 4.16. The van der Waals surface area contributed by atoms with Crippen molar-refractivity contribution in [2.75, 3.05) is 30.4 Å². The standard InChI is InChI=1S/C16H20N8O/c1-11-7-23(25-2)8-15(24(11)16-18-9-17-10-19-16)21-13-3-4-14-12(5-13)6-20-22-14/h3-6,9-11,15,21H,7-8H2,1-2H3,(H,20,22). The fraction of sp³-hybridized carbons (Fsp3) is 0.375. The molecule has 0 amide bonds. The summed E-state index contributed by atoms with van der Waals surface area (Å²) >= 11 is 0. The zero-order valence-corrected chi connectivity index (χ0v) is 14.1. The van der Waals surface area contributed by atoms with Gasteiger partial charge in [0.1, 0.15) is 18.8 Å². The van der Waals surface area contributed by atoms with Crippen molar-refractivity contribution in [3.63, 3.8) is 0 Å². The third-order valence-corrected chi connectivity index (χ3v) is 4.40. The fourth-order valence-corrected chi connectivity index (χ4v) is 3.24. The monoisotopic (exact) mass is 340 g/mol. The number of hydroxylamine groups is 2. The minimum Gasteiger partial charge on any atom is -0.364 e. The summed E-state index contributed by atoms with van der Waals surface area (Å²) in [5.74, 6) is 0.653. The first-order chi connectivity index (χ1) is 12.2. The smallest absolute Gasteiger partial charge is 0.230 e. The van der Waals surface area contributed by atoms with E-state index in [0.717, 1.165) is 23.1 Å². The first kappa shape index (κ1) is 15.7. The lowest BCUT2D eigenvalue weighted by Gasteiger charge is -2.44. The van der Waals surface area contributed by atoms with Crippen molar-refractivity contribution >= 4 is 22.5 Å². The maximum Gasteiger partial charge on any atom is 0.230 e. The van der Waals surface area contributed by atoms with Crippen LogP contribution < -0.4 is 10.2 Å². The molecule has 3 aromatic rings. The molecule has 0 radical (unpaired) electrons. The third kappa shape index (κ3) is 3.11. The van der Waals surface area contributed by atoms with E-state index in [1.54, 1.807) is 7.11 Å². The highest BCUT2D eigenvalue weighted by Crippen LogP contribution is 2.24. The van der Waals surface area contributed by atoms with Crippen molar-refractivity contribution < 1.29 is 4.84 Å². The second-order valence-electron chi connectivity index (χ2n) is 6.06. The van der Waals surface area contributed by atoms with Crippen molar-refractivity contribution in [2.45, 2.75) is 19.1 Å². The van der Waals surface area contributed by atoms with Gasteiger partial charge >= 0.3 is 0 Å². The number of aromatic nitrogens is 5. The second-order valence-corrected chi connectivity index (χ2v) is 6.06. The van der Waals surface area contributed by atoms with E-state index < -0.39 is 0 Å². The predicted octanol–water partition coefficient (Wildman–Crippen LogP) is 1.26. The third-order valence-electron chi connectivity index (χ3n) is 4.40. The lowest BCUT2D eigenvalue weighted by molar-refractivity contribution is -0.145. The van der Waals surface area contributed by atoms with Crippen molar-refractivity contribution in [2.24, 2.45) is 0 Å². The first-order valence-corrected chi connectivity index (χ1v) is 8.13. The normalized spacial score (nSPS) is 21.6. The number of hydrogen-bond acceptors (Lipinski definition) is 8. The van der Waals surface area contributed by atoms with Gasteiger partial charge in [0.05, 0.1) is 25.4 Å². The number of fused-ring (bicyclic) bond motifs is 1. The highest BCUT2D eigenvalue weighted by molar-refractivity contribution is 5.81. The van der Waals surface area contributed by atoms with Gasteiger partial charge in [-0.15, -0.1) is 0 Å². The van der Waals surface area contributed by atoms with Crippen LogP contribution in [-0.2, 0) is 4.84 Å². The highest BCUT2D eigenvalue weighted by atomic mass is 16.7. The van der Waals surface area contributed by atoms with Gasteiger partial charge in [-0.25, -0.2) is 15.0 Å². The summed E-state index contributed by atoms with van der Waals surface area (Å²) in [6, 6.07) is 6.29. The largest absolute Gasteiger partial charge is 0.364 e. The Morgan fingerprint density at radius 2 is 2.08 bits per heavy atom. The number of aromatic amines is 1. The molecule has 0 bridgehead atoms. The fourth-order valence-electron chi connectivity index (χ4n) is 3.24. The molecule has 2 atom stereocenters. The van der Waals surface area contributed by atoms with Gasteiger partial charge in [0.2, 0.25) is 5.95 Å². The molecule has 4 rings (SSSR count). The molecule has 2 N–H and O–H groups in total. The number of anilines is 2. The molecule has 1 aromatic carbocycles. The molecule has 1 aliphatic rings. The van der Waals surface area contributed by atoms with Crippen LogP contribution in [0.3, 0.4) is 0 Å². The lowest BCUT2D eigenvalue weighted by Crippen LogP contribution is -2.61. The van der Waals surface area contributed by atoms with Crippen LogP contribution in [0.5, 0.6) is 0 Å². The van der Waals surface area contributed by atoms with Crippen LogP contribution in [0.25, 0.3) is 10.9 Å². The summed E-state index contributed by atoms with van der Waals surface area (Å²) in [5.41, 5.74) is 2.01. The van der Waals surface area contributed by atoms with Crippen molar-refractivity contribution in [3.05, 3.63) is 37.1 Å². The SMILES string of the molecule is CON1CC(C)N(c2ncncn2)C(Nc2ccc3[nH]ncc3c2)C1. The van der Waals surface area contributed by atoms with Crippen LogP contribution in [0.15, 0.2) is 37.1 Å². The van der Waals surface area contributed by atoms with Crippen LogP contribution in [0.4, 0.5) is 11.6 Å². The van der Waals surface area contributed by atoms with Gasteiger partial charge in [-0.2, -0.15) is 10.2 Å². The van der Waals surface area contributed by atoms with Crippen LogP contribution >= 0.6 is 0 Å². The van der Waals surface area contributed by atoms with E-state index in [9.17, 15) is 0 Å². The van der Waals surface area contributed by atoms with Gasteiger partial charge in [-0.3, -0.25) is 5.10 Å². The molecule has 3 heterocycles. The van der Waals surface area contributed by atoms with Gasteiger partial charge in [-0.05, 0) is 25.1 Å². The predicted molar refractivity (Wildman–Crippen MR) is 93.9 cm³/mol. The molecule has 0 saturated carbocycles. The number of nitrogens with one attached hydrogen (secondary N) is 2. The van der Waals surface area contributed by atoms with Crippen LogP contribution in [-0.4, -0.2) is 62.6 Å². The van der Waals surface area contributed by atoms with Gasteiger partial charge in [-0.1, -0.05) is 0 Å². The van der Waals surface area contributed by atoms with Gasteiger partial charge < -0.3 is 15.1 Å². The number of benzene rings is 1. The molecule has 2 unspecified atom stereocenters. The molecular weight excluding hydrogens is 320 g/mol. The molecule has 9 nitrogen and oxygen atoms in total. The summed E-state index contributed by atoms with van der Waals surface area (Å²) in [4.78, 5) is 20.2. The minimum absolute atomic E-state index is 0.0459. The Labute approximate surface area is 145 Å². The molecule has 0 spiro atoms. The maximum atomic E-state index is 5.47. The summed E-state index contributed by atoms with van der Waals surface area (Å²) < 4.78 is 0. The maximum absolute atomic E-state index is 5.47. The number of nitrogens with zero attached hydrogens (tertiary/aromatic N) is 6. The molecule has 1 saturated heterocycles. The van der Waals surface area contributed by atoms with Crippen LogP contribution in [0.2, 0.25) is 0 Å². The first-order valence-electron chi connectivity index (χ1n) is 8.13. The number of hydrogen-bond donors (Lipinski definition) is 2. The molecule has 9 heteroatoms. The van der Waals surface area contributed by atoms with Gasteiger partial charge in [0.25, 0.3) is 0 Å². The van der Waals surface area contributed by atoms with Gasteiger partial charge in [0, 0.05) is 23.7 Å².